The summed E-state index contributed by atoms with van der Waals surface area (Å²) in [5, 5.41) is 0. The molecule has 0 bridgehead atoms. The van der Waals surface area contributed by atoms with Crippen molar-refractivity contribution >= 4 is 9.28 Å². The zero-order valence-corrected chi connectivity index (χ0v) is 5.49. The molecule has 0 saturated heterocycles. The molecule has 7 heavy (non-hydrogen) atoms. The maximum atomic E-state index is 8.39. The van der Waals surface area contributed by atoms with Gasteiger partial charge in [0.1, 0.15) is 0 Å². The van der Waals surface area contributed by atoms with Gasteiger partial charge in [-0.15, -0.1) is 0 Å². The summed E-state index contributed by atoms with van der Waals surface area (Å²) in [6, 6.07) is 0. The average molecular weight is 121 g/mol. The highest BCUT2D eigenvalue weighted by Crippen LogP contribution is 1.84. The summed E-state index contributed by atoms with van der Waals surface area (Å²) < 4.78 is 0. The first-order valence-corrected chi connectivity index (χ1v) is 4.00. The van der Waals surface area contributed by atoms with E-state index in [0.717, 1.165) is 0 Å². The minimum atomic E-state index is -2.49. The van der Waals surface area contributed by atoms with Crippen molar-refractivity contribution in [1.82, 2.24) is 0 Å². The van der Waals surface area contributed by atoms with E-state index in [9.17, 15) is 0 Å². The highest BCUT2D eigenvalue weighted by molar-refractivity contribution is 6.43. The van der Waals surface area contributed by atoms with Crippen LogP contribution < -0.4 is 5.73 Å². The van der Waals surface area contributed by atoms with Crippen LogP contribution in [0, 0.1) is 0 Å². The van der Waals surface area contributed by atoms with Crippen molar-refractivity contribution in [2.24, 2.45) is 5.73 Å². The molecule has 0 aliphatic rings. The van der Waals surface area contributed by atoms with Gasteiger partial charge in [-0.25, -0.2) is 0 Å². The molecule has 0 aliphatic carbocycles. The summed E-state index contributed by atoms with van der Waals surface area (Å²) in [5.41, 5.74) is 4.83. The Bertz CT molecular complexity index is 50.2. The molecular weight excluding hydrogens is 110 g/mol. The van der Waals surface area contributed by atoms with Crippen LogP contribution in [0.2, 0.25) is 0 Å². The van der Waals surface area contributed by atoms with Gasteiger partial charge in [-0.3, -0.25) is 0 Å². The van der Waals surface area contributed by atoms with Crippen molar-refractivity contribution in [3.05, 3.63) is 0 Å². The lowest BCUT2D eigenvalue weighted by Gasteiger charge is -2.05. The monoisotopic (exact) mass is 121 g/mol. The van der Waals surface area contributed by atoms with Gasteiger partial charge >= 0.3 is 9.28 Å². The van der Waals surface area contributed by atoms with Gasteiger partial charge in [0.2, 0.25) is 0 Å². The van der Waals surface area contributed by atoms with Crippen molar-refractivity contribution in [1.29, 1.82) is 0 Å². The van der Waals surface area contributed by atoms with Crippen LogP contribution in [0.25, 0.3) is 0 Å². The molecule has 0 fully saturated rings. The first-order chi connectivity index (χ1) is 3.18. The first kappa shape index (κ1) is 7.10. The smallest absolute Gasteiger partial charge is 0.333 e. The Hall–Kier alpha value is 0.0969. The van der Waals surface area contributed by atoms with E-state index in [1.54, 1.807) is 0 Å². The van der Waals surface area contributed by atoms with Crippen LogP contribution >= 0.6 is 0 Å². The maximum absolute atomic E-state index is 8.39. The third-order valence-corrected chi connectivity index (χ3v) is 2.09. The van der Waals surface area contributed by atoms with E-state index in [4.69, 9.17) is 15.3 Å². The van der Waals surface area contributed by atoms with E-state index in [0.29, 0.717) is 6.42 Å². The molecular formula is C3H11NO2Si. The molecule has 4 N–H and O–H groups in total. The summed E-state index contributed by atoms with van der Waals surface area (Å²) in [6.45, 7) is 1.83. The van der Waals surface area contributed by atoms with Gasteiger partial charge < -0.3 is 15.3 Å². The molecule has 3 nitrogen and oxygen atoms in total. The van der Waals surface area contributed by atoms with Crippen molar-refractivity contribution in [3.63, 3.8) is 0 Å². The zero-order chi connectivity index (χ0) is 5.86. The fraction of sp³-hybridized carbons (Fsp3) is 1.00. The molecule has 0 rings (SSSR count). The number of rotatable bonds is 2. The molecule has 0 aromatic rings. The van der Waals surface area contributed by atoms with Crippen LogP contribution in [0.3, 0.4) is 0 Å². The Balaban J connectivity index is 3.14. The molecule has 0 aliphatic heterocycles. The second kappa shape index (κ2) is 3.14. The van der Waals surface area contributed by atoms with Gasteiger partial charge in [-0.2, -0.15) is 0 Å². The van der Waals surface area contributed by atoms with Crippen LogP contribution in [0.1, 0.15) is 13.3 Å². The summed E-state index contributed by atoms with van der Waals surface area (Å²) in [7, 11) is -2.49. The molecule has 0 amide bonds. The van der Waals surface area contributed by atoms with E-state index >= 15 is 0 Å². The molecule has 0 heterocycles. The van der Waals surface area contributed by atoms with Gasteiger partial charge in [0.15, 0.2) is 0 Å². The summed E-state index contributed by atoms with van der Waals surface area (Å²) >= 11 is 0. The lowest BCUT2D eigenvalue weighted by Crippen LogP contribution is -2.38. The number of hydrogen-bond donors (Lipinski definition) is 3. The maximum Gasteiger partial charge on any atom is 0.333 e. The molecule has 4 heteroatoms. The third kappa shape index (κ3) is 2.75. The average Bonchev–Trinajstić information content (AvgIpc) is 1.65. The fourth-order valence-corrected chi connectivity index (χ4v) is 0.632. The number of hydrogen-bond acceptors (Lipinski definition) is 3. The number of nitrogens with two attached hydrogens (primary N) is 1. The quantitative estimate of drug-likeness (QED) is 0.388. The Morgan fingerprint density at radius 1 is 1.71 bits per heavy atom. The second-order valence-corrected chi connectivity index (χ2v) is 3.17. The summed E-state index contributed by atoms with van der Waals surface area (Å²) in [6.07, 6.45) is 0.657. The van der Waals surface area contributed by atoms with Crippen LogP contribution in [0.15, 0.2) is 0 Å². The van der Waals surface area contributed by atoms with Gasteiger partial charge in [0.05, 0.1) is 0 Å². The van der Waals surface area contributed by atoms with Gasteiger partial charge in [0.25, 0.3) is 0 Å². The van der Waals surface area contributed by atoms with Crippen molar-refractivity contribution < 1.29 is 9.59 Å². The van der Waals surface area contributed by atoms with Crippen molar-refractivity contribution in [3.8, 4) is 0 Å². The van der Waals surface area contributed by atoms with E-state index in [1.165, 1.54) is 0 Å². The van der Waals surface area contributed by atoms with Gasteiger partial charge in [-0.05, 0) is 6.42 Å². The van der Waals surface area contributed by atoms with E-state index in [1.807, 2.05) is 6.92 Å². The Labute approximate surface area is 44.6 Å². The largest absolute Gasteiger partial charge is 0.412 e. The molecule has 44 valence electrons. The van der Waals surface area contributed by atoms with E-state index < -0.39 is 9.28 Å². The first-order valence-electron chi connectivity index (χ1n) is 2.30. The lowest BCUT2D eigenvalue weighted by atomic mass is 10.5. The highest BCUT2D eigenvalue weighted by atomic mass is 28.3. The zero-order valence-electron chi connectivity index (χ0n) is 4.33. The van der Waals surface area contributed by atoms with Crippen LogP contribution in [-0.2, 0) is 0 Å². The van der Waals surface area contributed by atoms with Gasteiger partial charge in [0, 0.05) is 5.67 Å². The summed E-state index contributed by atoms with van der Waals surface area (Å²) in [4.78, 5) is 16.8. The standard InChI is InChI=1S/C3H11NO2Si/c1-2-3(4)7(5)6/h3,5-7H,2,4H2,1H3. The molecule has 1 unspecified atom stereocenters. The SMILES string of the molecule is CCC(N)[SiH](O)O. The molecule has 0 spiro atoms. The Morgan fingerprint density at radius 2 is 2.14 bits per heavy atom. The van der Waals surface area contributed by atoms with E-state index in [-0.39, 0.29) is 5.67 Å². The van der Waals surface area contributed by atoms with Crippen molar-refractivity contribution in [2.45, 2.75) is 19.0 Å². The van der Waals surface area contributed by atoms with Crippen molar-refractivity contribution in [2.75, 3.05) is 0 Å². The van der Waals surface area contributed by atoms with Gasteiger partial charge in [-0.1, -0.05) is 6.92 Å². The molecule has 0 radical (unpaired) electrons. The minimum Gasteiger partial charge on any atom is -0.412 e. The predicted octanol–water partition coefficient (Wildman–Crippen LogP) is -1.53. The normalized spacial score (nSPS) is 15.0. The molecule has 1 atom stereocenters. The predicted molar refractivity (Wildman–Crippen MR) is 29.9 cm³/mol. The molecule has 0 aromatic carbocycles. The van der Waals surface area contributed by atoms with E-state index in [2.05, 4.69) is 0 Å². The lowest BCUT2D eigenvalue weighted by molar-refractivity contribution is 0.385. The molecule has 0 aromatic heterocycles. The third-order valence-electron chi connectivity index (χ3n) is 0.854. The van der Waals surface area contributed by atoms with Crippen LogP contribution in [-0.4, -0.2) is 24.5 Å². The highest BCUT2D eigenvalue weighted by Gasteiger charge is 2.10. The Morgan fingerprint density at radius 3 is 2.14 bits per heavy atom. The summed E-state index contributed by atoms with van der Waals surface area (Å²) in [5.74, 6) is 0. The van der Waals surface area contributed by atoms with Crippen LogP contribution in [0.4, 0.5) is 0 Å². The Kier molecular flexibility index (Phi) is 3.19. The topological polar surface area (TPSA) is 66.5 Å². The second-order valence-electron chi connectivity index (χ2n) is 1.49. The van der Waals surface area contributed by atoms with Crippen LogP contribution in [0.5, 0.6) is 0 Å². The minimum absolute atomic E-state index is 0.347. The fourth-order valence-electron chi connectivity index (χ4n) is 0.211. The molecule has 0 saturated carbocycles.